The maximum atomic E-state index is 1.90. The first kappa shape index (κ1) is 18.8. The minimum atomic E-state index is 1.07. The van der Waals surface area contributed by atoms with Crippen molar-refractivity contribution in [2.75, 3.05) is 0 Å². The predicted octanol–water partition coefficient (Wildman–Crippen LogP) is 8.67. The molecule has 2 atom stereocenters. The fourth-order valence-electron chi connectivity index (χ4n) is 6.55. The van der Waals surface area contributed by atoms with Gasteiger partial charge in [0, 0.05) is 0 Å². The Bertz CT molecular complexity index is 472. The van der Waals surface area contributed by atoms with Gasteiger partial charge in [-0.3, -0.25) is 0 Å². The first-order valence-corrected chi connectivity index (χ1v) is 12.3. The van der Waals surface area contributed by atoms with E-state index in [9.17, 15) is 0 Å². The van der Waals surface area contributed by atoms with Crippen LogP contribution >= 0.6 is 0 Å². The van der Waals surface area contributed by atoms with Gasteiger partial charge >= 0.3 is 0 Å². The zero-order chi connectivity index (χ0) is 17.6. The molecular weight excluding hydrogens is 312 g/mol. The number of allylic oxidation sites excluding steroid dienone is 4. The summed E-state index contributed by atoms with van der Waals surface area (Å²) < 4.78 is 0. The van der Waals surface area contributed by atoms with Crippen molar-refractivity contribution in [3.8, 4) is 0 Å². The van der Waals surface area contributed by atoms with Crippen LogP contribution in [0.5, 0.6) is 0 Å². The largest absolute Gasteiger partial charge is 0.0710 e. The zero-order valence-electron chi connectivity index (χ0n) is 17.3. The lowest BCUT2D eigenvalue weighted by molar-refractivity contribution is 0.361. The van der Waals surface area contributed by atoms with Gasteiger partial charge in [-0.25, -0.2) is 0 Å². The van der Waals surface area contributed by atoms with Crippen LogP contribution in [0.15, 0.2) is 22.3 Å². The average molecular weight is 355 g/mol. The van der Waals surface area contributed by atoms with Gasteiger partial charge in [-0.1, -0.05) is 48.0 Å². The molecule has 0 N–H and O–H groups in total. The first-order valence-electron chi connectivity index (χ1n) is 12.3. The maximum Gasteiger partial charge on any atom is -0.0289 e. The summed E-state index contributed by atoms with van der Waals surface area (Å²) in [5.41, 5.74) is 7.61. The standard InChI is InChI=1S/C26H42/c1(3-5-11-23-17-15-21-9-7-13-25(23)19-21)2-4-6-12-24-18-16-22-10-8-14-26(24)20-22/h21-22H,1-20H2. The Morgan fingerprint density at radius 1 is 0.500 bits per heavy atom. The third-order valence-corrected chi connectivity index (χ3v) is 8.17. The van der Waals surface area contributed by atoms with Gasteiger partial charge in [-0.2, -0.15) is 0 Å². The Kier molecular flexibility index (Phi) is 6.96. The highest BCUT2D eigenvalue weighted by atomic mass is 14.3. The molecule has 0 spiro atoms. The van der Waals surface area contributed by atoms with Crippen molar-refractivity contribution in [1.82, 2.24) is 0 Å². The van der Waals surface area contributed by atoms with Gasteiger partial charge in [0.05, 0.1) is 0 Å². The van der Waals surface area contributed by atoms with Crippen molar-refractivity contribution in [3.63, 3.8) is 0 Å². The van der Waals surface area contributed by atoms with Gasteiger partial charge in [-0.15, -0.1) is 0 Å². The molecule has 0 aromatic rings. The van der Waals surface area contributed by atoms with Gasteiger partial charge in [0.1, 0.15) is 0 Å². The normalized spacial score (nSPS) is 28.6. The summed E-state index contributed by atoms with van der Waals surface area (Å²) in [4.78, 5) is 0. The molecule has 2 unspecified atom stereocenters. The quantitative estimate of drug-likeness (QED) is 0.287. The molecule has 0 aromatic heterocycles. The summed E-state index contributed by atoms with van der Waals surface area (Å²) in [6.45, 7) is 0. The van der Waals surface area contributed by atoms with Gasteiger partial charge < -0.3 is 0 Å². The van der Waals surface area contributed by atoms with Crippen molar-refractivity contribution in [1.29, 1.82) is 0 Å². The summed E-state index contributed by atoms with van der Waals surface area (Å²) in [5.74, 6) is 2.14. The van der Waals surface area contributed by atoms with Crippen molar-refractivity contribution in [2.24, 2.45) is 11.8 Å². The first-order chi connectivity index (χ1) is 12.9. The Balaban J connectivity index is 1.06. The van der Waals surface area contributed by atoms with Crippen LogP contribution < -0.4 is 0 Å². The molecular formula is C26H42. The second kappa shape index (κ2) is 9.61. The molecule has 0 nitrogen and oxygen atoms in total. The summed E-state index contributed by atoms with van der Waals surface area (Å²) in [6, 6.07) is 0. The molecule has 4 aliphatic rings. The molecule has 4 rings (SSSR count). The van der Waals surface area contributed by atoms with Crippen LogP contribution in [-0.2, 0) is 0 Å². The van der Waals surface area contributed by atoms with Gasteiger partial charge in [-0.05, 0) is 115 Å². The molecule has 2 saturated carbocycles. The Morgan fingerprint density at radius 3 is 1.46 bits per heavy atom. The van der Waals surface area contributed by atoms with Gasteiger partial charge in [0.25, 0.3) is 0 Å². The SMILES string of the molecule is C(CCCCC1=C2CCCC(CC1)C2)CCCC1=C2CCCC(CC1)C2. The van der Waals surface area contributed by atoms with Crippen LogP contribution in [0.2, 0.25) is 0 Å². The van der Waals surface area contributed by atoms with E-state index >= 15 is 0 Å². The van der Waals surface area contributed by atoms with E-state index in [1.807, 2.05) is 22.3 Å². The smallest absolute Gasteiger partial charge is 0.0289 e. The van der Waals surface area contributed by atoms with Crippen LogP contribution in [0.3, 0.4) is 0 Å². The minimum Gasteiger partial charge on any atom is -0.0710 e. The van der Waals surface area contributed by atoms with Crippen LogP contribution in [0.25, 0.3) is 0 Å². The number of unbranched alkanes of at least 4 members (excludes halogenated alkanes) is 5. The minimum absolute atomic E-state index is 1.07. The van der Waals surface area contributed by atoms with Crippen LogP contribution in [0.1, 0.15) is 128 Å². The zero-order valence-corrected chi connectivity index (χ0v) is 17.3. The molecule has 0 radical (unpaired) electrons. The van der Waals surface area contributed by atoms with E-state index in [1.54, 1.807) is 0 Å². The predicted molar refractivity (Wildman–Crippen MR) is 113 cm³/mol. The second-order valence-electron chi connectivity index (χ2n) is 10.0. The van der Waals surface area contributed by atoms with E-state index in [2.05, 4.69) is 0 Å². The summed E-state index contributed by atoms with van der Waals surface area (Å²) in [7, 11) is 0. The van der Waals surface area contributed by atoms with Gasteiger partial charge in [0.2, 0.25) is 0 Å². The van der Waals surface area contributed by atoms with Gasteiger partial charge in [0.15, 0.2) is 0 Å². The number of hydrogen-bond acceptors (Lipinski definition) is 0. The van der Waals surface area contributed by atoms with Crippen LogP contribution in [-0.4, -0.2) is 0 Å². The van der Waals surface area contributed by atoms with E-state index in [0.717, 1.165) is 11.8 Å². The highest BCUT2D eigenvalue weighted by molar-refractivity contribution is 5.20. The second-order valence-corrected chi connectivity index (χ2v) is 10.0. The lowest BCUT2D eigenvalue weighted by Crippen LogP contribution is -2.15. The van der Waals surface area contributed by atoms with E-state index < -0.39 is 0 Å². The molecule has 2 fully saturated rings. The summed E-state index contributed by atoms with van der Waals surface area (Å²) >= 11 is 0. The van der Waals surface area contributed by atoms with Crippen LogP contribution in [0.4, 0.5) is 0 Å². The van der Waals surface area contributed by atoms with E-state index in [-0.39, 0.29) is 0 Å². The van der Waals surface area contributed by atoms with E-state index in [0.29, 0.717) is 0 Å². The van der Waals surface area contributed by atoms with Crippen molar-refractivity contribution >= 4 is 0 Å². The van der Waals surface area contributed by atoms with Crippen molar-refractivity contribution in [2.45, 2.75) is 128 Å². The maximum absolute atomic E-state index is 1.90. The highest BCUT2D eigenvalue weighted by Crippen LogP contribution is 2.42. The molecule has 0 heterocycles. The Hall–Kier alpha value is -0.520. The fourth-order valence-corrected chi connectivity index (χ4v) is 6.55. The summed E-state index contributed by atoms with van der Waals surface area (Å²) in [5, 5.41) is 0. The number of hydrogen-bond donors (Lipinski definition) is 0. The molecule has 26 heavy (non-hydrogen) atoms. The third kappa shape index (κ3) is 5.05. The molecule has 0 heteroatoms. The average Bonchev–Trinajstić information content (AvgIpc) is 2.67. The monoisotopic (exact) mass is 354 g/mol. The molecule has 0 aromatic carbocycles. The molecule has 4 bridgehead atoms. The van der Waals surface area contributed by atoms with E-state index in [4.69, 9.17) is 0 Å². The molecule has 146 valence electrons. The van der Waals surface area contributed by atoms with Crippen molar-refractivity contribution in [3.05, 3.63) is 22.3 Å². The third-order valence-electron chi connectivity index (χ3n) is 8.17. The fraction of sp³-hybridized carbons (Fsp3) is 0.846. The molecule has 0 aliphatic heterocycles. The molecule has 0 amide bonds. The Morgan fingerprint density at radius 2 is 0.962 bits per heavy atom. The lowest BCUT2D eigenvalue weighted by atomic mass is 9.74. The Labute approximate surface area is 162 Å². The number of fused-ring (bicyclic) bond motifs is 4. The van der Waals surface area contributed by atoms with Crippen molar-refractivity contribution < 1.29 is 0 Å². The summed E-state index contributed by atoms with van der Waals surface area (Å²) in [6.07, 6.45) is 29.6. The number of rotatable bonds is 9. The molecule has 4 aliphatic carbocycles. The highest BCUT2D eigenvalue weighted by Gasteiger charge is 2.25. The lowest BCUT2D eigenvalue weighted by Gasteiger charge is -2.32. The topological polar surface area (TPSA) is 0 Å². The van der Waals surface area contributed by atoms with E-state index in [1.165, 1.54) is 128 Å². The van der Waals surface area contributed by atoms with Crippen LogP contribution in [0, 0.1) is 11.8 Å². The molecule has 0 saturated heterocycles.